The van der Waals surface area contributed by atoms with E-state index in [1.165, 1.54) is 51.5 Å². The number of hydrogen-bond donors (Lipinski definition) is 1. The molecule has 2 aliphatic carbocycles. The molecular formula is C16H31N. The van der Waals surface area contributed by atoms with Crippen LogP contribution < -0.4 is 5.32 Å². The van der Waals surface area contributed by atoms with Crippen molar-refractivity contribution in [1.29, 1.82) is 0 Å². The minimum atomic E-state index is 0.960. The van der Waals surface area contributed by atoms with Gasteiger partial charge in [-0.25, -0.2) is 0 Å². The Bertz CT molecular complexity index is 218. The first-order chi connectivity index (χ1) is 8.20. The largest absolute Gasteiger partial charge is 0.319 e. The van der Waals surface area contributed by atoms with Crippen molar-refractivity contribution in [2.24, 2.45) is 29.6 Å². The number of rotatable bonds is 3. The molecule has 0 aromatic heterocycles. The summed E-state index contributed by atoms with van der Waals surface area (Å²) in [5.41, 5.74) is 0. The zero-order chi connectivity index (χ0) is 12.3. The predicted molar refractivity (Wildman–Crippen MR) is 75.0 cm³/mol. The SMILES string of the molecule is CNCC1CC(C)CCC1C1CCC(C)CC1. The molecule has 0 heterocycles. The van der Waals surface area contributed by atoms with Crippen molar-refractivity contribution >= 4 is 0 Å². The smallest absolute Gasteiger partial charge is 0.00207 e. The van der Waals surface area contributed by atoms with E-state index >= 15 is 0 Å². The molecule has 0 saturated heterocycles. The van der Waals surface area contributed by atoms with Crippen LogP contribution in [0.15, 0.2) is 0 Å². The molecule has 0 radical (unpaired) electrons. The van der Waals surface area contributed by atoms with E-state index in [2.05, 4.69) is 26.2 Å². The zero-order valence-electron chi connectivity index (χ0n) is 12.0. The Kier molecular flexibility index (Phi) is 4.90. The van der Waals surface area contributed by atoms with Gasteiger partial charge in [-0.2, -0.15) is 0 Å². The van der Waals surface area contributed by atoms with Crippen molar-refractivity contribution in [2.45, 2.75) is 58.8 Å². The Balaban J connectivity index is 1.92. The van der Waals surface area contributed by atoms with Gasteiger partial charge < -0.3 is 5.32 Å². The van der Waals surface area contributed by atoms with E-state index < -0.39 is 0 Å². The Morgan fingerprint density at radius 3 is 2.18 bits per heavy atom. The van der Waals surface area contributed by atoms with Crippen LogP contribution in [0, 0.1) is 29.6 Å². The lowest BCUT2D eigenvalue weighted by Gasteiger charge is -2.42. The minimum Gasteiger partial charge on any atom is -0.319 e. The third-order valence-corrected chi connectivity index (χ3v) is 5.44. The van der Waals surface area contributed by atoms with Gasteiger partial charge in [0.15, 0.2) is 0 Å². The molecule has 1 nitrogen and oxygen atoms in total. The fourth-order valence-electron chi connectivity index (χ4n) is 4.35. The van der Waals surface area contributed by atoms with E-state index in [1.807, 2.05) is 0 Å². The molecular weight excluding hydrogens is 206 g/mol. The molecule has 17 heavy (non-hydrogen) atoms. The van der Waals surface area contributed by atoms with Crippen molar-refractivity contribution in [3.8, 4) is 0 Å². The van der Waals surface area contributed by atoms with Gasteiger partial charge in [0, 0.05) is 0 Å². The Labute approximate surface area is 108 Å². The normalized spacial score (nSPS) is 43.6. The van der Waals surface area contributed by atoms with E-state index in [9.17, 15) is 0 Å². The highest BCUT2D eigenvalue weighted by atomic mass is 14.8. The first-order valence-corrected chi connectivity index (χ1v) is 7.85. The first-order valence-electron chi connectivity index (χ1n) is 7.85. The van der Waals surface area contributed by atoms with Crippen molar-refractivity contribution in [2.75, 3.05) is 13.6 Å². The van der Waals surface area contributed by atoms with Crippen molar-refractivity contribution in [3.63, 3.8) is 0 Å². The second-order valence-corrected chi connectivity index (χ2v) is 6.92. The fourth-order valence-corrected chi connectivity index (χ4v) is 4.35. The molecule has 1 N–H and O–H groups in total. The summed E-state index contributed by atoms with van der Waals surface area (Å²) in [5, 5.41) is 3.44. The fraction of sp³-hybridized carbons (Fsp3) is 1.00. The van der Waals surface area contributed by atoms with Gasteiger partial charge in [0.25, 0.3) is 0 Å². The van der Waals surface area contributed by atoms with E-state index in [4.69, 9.17) is 0 Å². The second-order valence-electron chi connectivity index (χ2n) is 6.92. The van der Waals surface area contributed by atoms with E-state index in [0.29, 0.717) is 0 Å². The van der Waals surface area contributed by atoms with Crippen LogP contribution in [0.2, 0.25) is 0 Å². The minimum absolute atomic E-state index is 0.960. The highest BCUT2D eigenvalue weighted by Gasteiger charge is 2.34. The molecule has 0 aromatic rings. The molecule has 100 valence electrons. The van der Waals surface area contributed by atoms with Crippen LogP contribution >= 0.6 is 0 Å². The molecule has 2 aliphatic rings. The highest BCUT2D eigenvalue weighted by molar-refractivity contribution is 4.86. The molecule has 0 aromatic carbocycles. The first kappa shape index (κ1) is 13.4. The van der Waals surface area contributed by atoms with Gasteiger partial charge >= 0.3 is 0 Å². The number of nitrogens with one attached hydrogen (secondary N) is 1. The number of hydrogen-bond acceptors (Lipinski definition) is 1. The van der Waals surface area contributed by atoms with Crippen LogP contribution in [0.3, 0.4) is 0 Å². The molecule has 2 saturated carbocycles. The lowest BCUT2D eigenvalue weighted by atomic mass is 9.65. The summed E-state index contributed by atoms with van der Waals surface area (Å²) >= 11 is 0. The van der Waals surface area contributed by atoms with Gasteiger partial charge in [-0.15, -0.1) is 0 Å². The Hall–Kier alpha value is -0.0400. The average molecular weight is 237 g/mol. The van der Waals surface area contributed by atoms with E-state index in [-0.39, 0.29) is 0 Å². The van der Waals surface area contributed by atoms with Crippen LogP contribution in [0.4, 0.5) is 0 Å². The Morgan fingerprint density at radius 1 is 0.882 bits per heavy atom. The van der Waals surface area contributed by atoms with Crippen molar-refractivity contribution in [1.82, 2.24) is 5.32 Å². The van der Waals surface area contributed by atoms with Crippen LogP contribution in [0.5, 0.6) is 0 Å². The molecule has 2 rings (SSSR count). The molecule has 0 spiro atoms. The van der Waals surface area contributed by atoms with Gasteiger partial charge in [0.05, 0.1) is 0 Å². The molecule has 0 amide bonds. The van der Waals surface area contributed by atoms with E-state index in [0.717, 1.165) is 29.6 Å². The van der Waals surface area contributed by atoms with Gasteiger partial charge in [0.2, 0.25) is 0 Å². The predicted octanol–water partition coefficient (Wildman–Crippen LogP) is 4.08. The monoisotopic (exact) mass is 237 g/mol. The standard InChI is InChI=1S/C16H31N/c1-12-4-7-14(8-5-12)16-9-6-13(2)10-15(16)11-17-3/h12-17H,4-11H2,1-3H3. The van der Waals surface area contributed by atoms with E-state index in [1.54, 1.807) is 0 Å². The quantitative estimate of drug-likeness (QED) is 0.780. The second kappa shape index (κ2) is 6.22. The summed E-state index contributed by atoms with van der Waals surface area (Å²) in [6, 6.07) is 0. The summed E-state index contributed by atoms with van der Waals surface area (Å²) in [5.74, 6) is 5.01. The average Bonchev–Trinajstić information content (AvgIpc) is 2.31. The van der Waals surface area contributed by atoms with Gasteiger partial charge in [-0.05, 0) is 68.9 Å². The molecule has 2 fully saturated rings. The van der Waals surface area contributed by atoms with Crippen LogP contribution in [0.1, 0.15) is 58.8 Å². The van der Waals surface area contributed by atoms with Crippen LogP contribution in [0.25, 0.3) is 0 Å². The van der Waals surface area contributed by atoms with Crippen LogP contribution in [-0.2, 0) is 0 Å². The summed E-state index contributed by atoms with van der Waals surface area (Å²) < 4.78 is 0. The molecule has 1 heteroatoms. The third-order valence-electron chi connectivity index (χ3n) is 5.44. The van der Waals surface area contributed by atoms with Crippen LogP contribution in [-0.4, -0.2) is 13.6 Å². The van der Waals surface area contributed by atoms with Gasteiger partial charge in [-0.3, -0.25) is 0 Å². The van der Waals surface area contributed by atoms with Gasteiger partial charge in [0.1, 0.15) is 0 Å². The van der Waals surface area contributed by atoms with Crippen molar-refractivity contribution < 1.29 is 0 Å². The third kappa shape index (κ3) is 3.47. The highest BCUT2D eigenvalue weighted by Crippen LogP contribution is 2.43. The maximum Gasteiger partial charge on any atom is -0.00207 e. The van der Waals surface area contributed by atoms with Crippen molar-refractivity contribution in [3.05, 3.63) is 0 Å². The van der Waals surface area contributed by atoms with Gasteiger partial charge in [-0.1, -0.05) is 33.1 Å². The summed E-state index contributed by atoms with van der Waals surface area (Å²) in [7, 11) is 2.12. The summed E-state index contributed by atoms with van der Waals surface area (Å²) in [6.45, 7) is 6.13. The molecule has 3 atom stereocenters. The maximum atomic E-state index is 3.44. The summed E-state index contributed by atoms with van der Waals surface area (Å²) in [4.78, 5) is 0. The molecule has 0 bridgehead atoms. The zero-order valence-corrected chi connectivity index (χ0v) is 12.0. The summed E-state index contributed by atoms with van der Waals surface area (Å²) in [6.07, 6.45) is 10.5. The lowest BCUT2D eigenvalue weighted by molar-refractivity contribution is 0.0944. The maximum absolute atomic E-state index is 3.44. The molecule has 0 aliphatic heterocycles. The Morgan fingerprint density at radius 2 is 1.53 bits per heavy atom. The lowest BCUT2D eigenvalue weighted by Crippen LogP contribution is -2.36. The topological polar surface area (TPSA) is 12.0 Å². The molecule has 3 unspecified atom stereocenters.